The van der Waals surface area contributed by atoms with Crippen molar-refractivity contribution in [3.05, 3.63) is 53.0 Å². The number of rotatable bonds is 8. The van der Waals surface area contributed by atoms with Gasteiger partial charge in [0.25, 0.3) is 0 Å². The second-order valence-electron chi connectivity index (χ2n) is 8.35. The molecule has 4 rings (SSSR count). The Morgan fingerprint density at radius 2 is 1.73 bits per heavy atom. The van der Waals surface area contributed by atoms with Crippen molar-refractivity contribution in [3.63, 3.8) is 0 Å². The molecule has 0 radical (unpaired) electrons. The van der Waals surface area contributed by atoms with E-state index >= 15 is 0 Å². The lowest BCUT2D eigenvalue weighted by molar-refractivity contribution is -0.126. The second-order valence-corrected chi connectivity index (χ2v) is 9.41. The number of hydrogen-bond acceptors (Lipinski definition) is 7. The Labute approximate surface area is 199 Å². The number of carbonyl (C=O) groups excluding carboxylic acids is 1. The van der Waals surface area contributed by atoms with Crippen LogP contribution < -0.4 is 14.8 Å². The second kappa shape index (κ2) is 10.5. The van der Waals surface area contributed by atoms with E-state index in [0.29, 0.717) is 18.0 Å². The number of para-hydroxylation sites is 1. The van der Waals surface area contributed by atoms with E-state index in [1.165, 1.54) is 4.70 Å². The number of benzene rings is 2. The van der Waals surface area contributed by atoms with Gasteiger partial charge in [-0.1, -0.05) is 18.2 Å². The topological polar surface area (TPSA) is 66.9 Å². The first-order valence-corrected chi connectivity index (χ1v) is 12.1. The van der Waals surface area contributed by atoms with Crippen molar-refractivity contribution < 1.29 is 14.3 Å². The third-order valence-electron chi connectivity index (χ3n) is 6.41. The van der Waals surface area contributed by atoms with Crippen molar-refractivity contribution in [2.75, 3.05) is 40.4 Å². The molecule has 0 bridgehead atoms. The Kier molecular flexibility index (Phi) is 7.47. The molecule has 7 nitrogen and oxygen atoms in total. The number of nitrogens with zero attached hydrogens (tertiary/aromatic N) is 3. The van der Waals surface area contributed by atoms with Crippen molar-refractivity contribution in [1.82, 2.24) is 20.1 Å². The van der Waals surface area contributed by atoms with E-state index in [1.807, 2.05) is 31.2 Å². The molecular weight excluding hydrogens is 436 g/mol. The van der Waals surface area contributed by atoms with Crippen molar-refractivity contribution >= 4 is 27.5 Å². The van der Waals surface area contributed by atoms with Gasteiger partial charge in [-0.25, -0.2) is 4.98 Å². The van der Waals surface area contributed by atoms with Crippen LogP contribution in [0.5, 0.6) is 11.5 Å². The van der Waals surface area contributed by atoms with Gasteiger partial charge >= 0.3 is 0 Å². The van der Waals surface area contributed by atoms with Gasteiger partial charge in [0, 0.05) is 32.7 Å². The summed E-state index contributed by atoms with van der Waals surface area (Å²) in [4.78, 5) is 22.3. The number of amides is 1. The van der Waals surface area contributed by atoms with E-state index in [4.69, 9.17) is 14.5 Å². The number of aromatic nitrogens is 1. The van der Waals surface area contributed by atoms with E-state index in [0.717, 1.165) is 42.3 Å². The first kappa shape index (κ1) is 23.5. The fourth-order valence-corrected chi connectivity index (χ4v) is 5.28. The number of ether oxygens (including phenoxy) is 2. The summed E-state index contributed by atoms with van der Waals surface area (Å²) in [6, 6.07) is 14.1. The fourth-order valence-electron chi connectivity index (χ4n) is 4.23. The number of carbonyl (C=O) groups is 1. The summed E-state index contributed by atoms with van der Waals surface area (Å²) < 4.78 is 11.9. The lowest BCUT2D eigenvalue weighted by Crippen LogP contribution is -2.54. The molecule has 0 aliphatic carbocycles. The maximum atomic E-state index is 12.8. The molecule has 1 aliphatic rings. The van der Waals surface area contributed by atoms with Gasteiger partial charge in [0.15, 0.2) is 11.5 Å². The zero-order chi connectivity index (χ0) is 23.4. The summed E-state index contributed by atoms with van der Waals surface area (Å²) in [5, 5.41) is 4.22. The summed E-state index contributed by atoms with van der Waals surface area (Å²) in [7, 11) is 3.22. The number of hydrogen-bond donors (Lipinski definition) is 1. The molecule has 33 heavy (non-hydrogen) atoms. The van der Waals surface area contributed by atoms with E-state index in [-0.39, 0.29) is 18.0 Å². The Bertz CT molecular complexity index is 1060. The summed E-state index contributed by atoms with van der Waals surface area (Å²) in [5.41, 5.74) is 2.05. The molecular formula is C25H32N4O3S. The summed E-state index contributed by atoms with van der Waals surface area (Å²) in [6.07, 6.45) is 0. The highest BCUT2D eigenvalue weighted by molar-refractivity contribution is 7.18. The van der Waals surface area contributed by atoms with Crippen LogP contribution >= 0.6 is 11.3 Å². The van der Waals surface area contributed by atoms with Crippen LogP contribution in [0, 0.1) is 0 Å². The number of nitrogens with one attached hydrogen (secondary N) is 1. The minimum atomic E-state index is -0.176. The van der Waals surface area contributed by atoms with Gasteiger partial charge in [-0.05, 0) is 43.7 Å². The normalized spacial score (nSPS) is 17.0. The standard InChI is InChI=1S/C25H32N4O3S/c1-17(24(30)26-16-19-9-10-21(31-3)22(15-19)32-4)28-11-13-29(14-12-28)18(2)25-27-20-7-5-6-8-23(20)33-25/h5-10,15,17-18H,11-14,16H2,1-4H3,(H,26,30). The molecule has 176 valence electrons. The van der Waals surface area contributed by atoms with Gasteiger partial charge in [0.2, 0.25) is 5.91 Å². The molecule has 1 N–H and O–H groups in total. The van der Waals surface area contributed by atoms with Gasteiger partial charge in [-0.3, -0.25) is 14.6 Å². The molecule has 1 saturated heterocycles. The average molecular weight is 469 g/mol. The Morgan fingerprint density at radius 1 is 1.03 bits per heavy atom. The quantitative estimate of drug-likeness (QED) is 0.544. The predicted molar refractivity (Wildman–Crippen MR) is 132 cm³/mol. The zero-order valence-corrected chi connectivity index (χ0v) is 20.5. The average Bonchev–Trinajstić information content (AvgIpc) is 3.30. The highest BCUT2D eigenvalue weighted by atomic mass is 32.1. The number of thiazole rings is 1. The minimum Gasteiger partial charge on any atom is -0.493 e. The third kappa shape index (κ3) is 5.29. The third-order valence-corrected chi connectivity index (χ3v) is 7.61. The molecule has 1 fully saturated rings. The maximum Gasteiger partial charge on any atom is 0.237 e. The van der Waals surface area contributed by atoms with E-state index in [2.05, 4.69) is 40.2 Å². The summed E-state index contributed by atoms with van der Waals surface area (Å²) in [6.45, 7) is 8.23. The number of piperazine rings is 1. The van der Waals surface area contributed by atoms with Crippen LogP contribution in [0.15, 0.2) is 42.5 Å². The number of methoxy groups -OCH3 is 2. The van der Waals surface area contributed by atoms with Crippen LogP contribution in [0.1, 0.15) is 30.5 Å². The summed E-state index contributed by atoms with van der Waals surface area (Å²) >= 11 is 1.77. The van der Waals surface area contributed by atoms with Crippen LogP contribution in [0.3, 0.4) is 0 Å². The van der Waals surface area contributed by atoms with Crippen LogP contribution in [-0.4, -0.2) is 67.1 Å². The van der Waals surface area contributed by atoms with Gasteiger partial charge in [-0.15, -0.1) is 11.3 Å². The van der Waals surface area contributed by atoms with Gasteiger partial charge in [0.1, 0.15) is 5.01 Å². The highest BCUT2D eigenvalue weighted by Crippen LogP contribution is 2.30. The largest absolute Gasteiger partial charge is 0.493 e. The maximum absolute atomic E-state index is 12.8. The molecule has 8 heteroatoms. The van der Waals surface area contributed by atoms with Crippen molar-refractivity contribution in [2.45, 2.75) is 32.5 Å². The molecule has 1 aliphatic heterocycles. The SMILES string of the molecule is COc1ccc(CNC(=O)C(C)N2CCN(C(C)c3nc4ccccc4s3)CC2)cc1OC. The van der Waals surface area contributed by atoms with E-state index < -0.39 is 0 Å². The Morgan fingerprint density at radius 3 is 2.42 bits per heavy atom. The predicted octanol–water partition coefficient (Wildman–Crippen LogP) is 3.70. The smallest absolute Gasteiger partial charge is 0.237 e. The molecule has 3 aromatic rings. The van der Waals surface area contributed by atoms with Crippen molar-refractivity contribution in [2.24, 2.45) is 0 Å². The number of fused-ring (bicyclic) bond motifs is 1. The van der Waals surface area contributed by atoms with Crippen LogP contribution in [0.25, 0.3) is 10.2 Å². The van der Waals surface area contributed by atoms with Crippen molar-refractivity contribution in [1.29, 1.82) is 0 Å². The molecule has 0 spiro atoms. The lowest BCUT2D eigenvalue weighted by atomic mass is 10.1. The van der Waals surface area contributed by atoms with E-state index in [1.54, 1.807) is 25.6 Å². The van der Waals surface area contributed by atoms with Crippen LogP contribution in [0.4, 0.5) is 0 Å². The fraction of sp³-hybridized carbons (Fsp3) is 0.440. The van der Waals surface area contributed by atoms with Gasteiger partial charge < -0.3 is 14.8 Å². The van der Waals surface area contributed by atoms with Crippen LogP contribution in [-0.2, 0) is 11.3 Å². The van der Waals surface area contributed by atoms with Gasteiger partial charge in [0.05, 0.1) is 36.5 Å². The Balaban J connectivity index is 1.28. The highest BCUT2D eigenvalue weighted by Gasteiger charge is 2.28. The van der Waals surface area contributed by atoms with Gasteiger partial charge in [-0.2, -0.15) is 0 Å². The molecule has 0 saturated carbocycles. The molecule has 2 unspecified atom stereocenters. The van der Waals surface area contributed by atoms with E-state index in [9.17, 15) is 4.79 Å². The van der Waals surface area contributed by atoms with Crippen molar-refractivity contribution in [3.8, 4) is 11.5 Å². The van der Waals surface area contributed by atoms with Crippen LogP contribution in [0.2, 0.25) is 0 Å². The first-order valence-electron chi connectivity index (χ1n) is 11.3. The summed E-state index contributed by atoms with van der Waals surface area (Å²) in [5.74, 6) is 1.38. The first-order chi connectivity index (χ1) is 16.0. The zero-order valence-electron chi connectivity index (χ0n) is 19.7. The minimum absolute atomic E-state index is 0.0393. The molecule has 2 heterocycles. The monoisotopic (exact) mass is 468 g/mol. The molecule has 1 aromatic heterocycles. The Hall–Kier alpha value is -2.68. The lowest BCUT2D eigenvalue weighted by Gasteiger charge is -2.39. The molecule has 2 aromatic carbocycles. The molecule has 1 amide bonds. The molecule has 2 atom stereocenters.